The van der Waals surface area contributed by atoms with Gasteiger partial charge in [-0.15, -0.1) is 0 Å². The lowest BCUT2D eigenvalue weighted by Crippen LogP contribution is -2.25. The molecule has 2 aromatic rings. The predicted molar refractivity (Wildman–Crippen MR) is 87.8 cm³/mol. The van der Waals surface area contributed by atoms with Gasteiger partial charge in [-0.3, -0.25) is 4.98 Å². The summed E-state index contributed by atoms with van der Waals surface area (Å²) in [6.45, 7) is 5.14. The van der Waals surface area contributed by atoms with Gasteiger partial charge in [0.05, 0.1) is 11.7 Å². The van der Waals surface area contributed by atoms with Crippen molar-refractivity contribution in [1.29, 1.82) is 0 Å². The van der Waals surface area contributed by atoms with Gasteiger partial charge in [0.1, 0.15) is 5.82 Å². The van der Waals surface area contributed by atoms with Gasteiger partial charge < -0.3 is 5.32 Å². The number of benzene rings is 1. The molecule has 0 saturated heterocycles. The molecule has 0 aliphatic rings. The van der Waals surface area contributed by atoms with Crippen molar-refractivity contribution in [3.8, 4) is 0 Å². The number of hydrogen-bond donors (Lipinski definition) is 1. The van der Waals surface area contributed by atoms with Crippen LogP contribution in [-0.2, 0) is 6.42 Å². The number of hydrogen-bond acceptors (Lipinski definition) is 2. The highest BCUT2D eigenvalue weighted by molar-refractivity contribution is 9.10. The second kappa shape index (κ2) is 7.66. The fraction of sp³-hybridized carbons (Fsp3) is 0.353. The molecule has 0 amide bonds. The summed E-state index contributed by atoms with van der Waals surface area (Å²) in [6.07, 6.45) is 3.68. The van der Waals surface area contributed by atoms with E-state index >= 15 is 0 Å². The third kappa shape index (κ3) is 4.61. The Bertz CT molecular complexity index is 601. The molecule has 1 N–H and O–H groups in total. The first-order chi connectivity index (χ1) is 10.1. The van der Waals surface area contributed by atoms with E-state index in [0.717, 1.165) is 35.1 Å². The lowest BCUT2D eigenvalue weighted by Gasteiger charge is -2.19. The molecule has 2 nitrogen and oxygen atoms in total. The highest BCUT2D eigenvalue weighted by Gasteiger charge is 2.15. The van der Waals surface area contributed by atoms with Crippen molar-refractivity contribution in [2.24, 2.45) is 0 Å². The molecule has 1 aromatic heterocycles. The molecule has 1 atom stereocenters. The van der Waals surface area contributed by atoms with Crippen LogP contribution < -0.4 is 5.32 Å². The Balaban J connectivity index is 2.23. The number of rotatable bonds is 6. The lowest BCUT2D eigenvalue weighted by molar-refractivity contribution is 0.516. The van der Waals surface area contributed by atoms with Gasteiger partial charge in [-0.05, 0) is 61.7 Å². The molecular formula is C17H20BrFN2. The van der Waals surface area contributed by atoms with Gasteiger partial charge in [0.2, 0.25) is 0 Å². The van der Waals surface area contributed by atoms with Crippen LogP contribution in [0.5, 0.6) is 0 Å². The smallest absolute Gasteiger partial charge is 0.124 e. The highest BCUT2D eigenvalue weighted by Crippen LogP contribution is 2.24. The minimum absolute atomic E-state index is 0.131. The Labute approximate surface area is 133 Å². The quantitative estimate of drug-likeness (QED) is 0.824. The van der Waals surface area contributed by atoms with Crippen LogP contribution in [0.4, 0.5) is 4.39 Å². The molecule has 0 fully saturated rings. The van der Waals surface area contributed by atoms with E-state index in [-0.39, 0.29) is 11.9 Å². The van der Waals surface area contributed by atoms with Gasteiger partial charge in [0.15, 0.2) is 0 Å². The van der Waals surface area contributed by atoms with Crippen molar-refractivity contribution in [2.45, 2.75) is 32.7 Å². The SMILES string of the molecule is CCCNC(Cc1ccc(F)cc1Br)c1cc(C)ccn1. The number of nitrogens with zero attached hydrogens (tertiary/aromatic N) is 1. The predicted octanol–water partition coefficient (Wildman–Crippen LogP) is 4.58. The summed E-state index contributed by atoms with van der Waals surface area (Å²) in [5.41, 5.74) is 3.30. The summed E-state index contributed by atoms with van der Waals surface area (Å²) in [5, 5.41) is 3.53. The van der Waals surface area contributed by atoms with E-state index in [2.05, 4.69) is 46.1 Å². The number of halogens is 2. The Morgan fingerprint density at radius 3 is 2.76 bits per heavy atom. The first-order valence-corrected chi connectivity index (χ1v) is 7.99. The van der Waals surface area contributed by atoms with E-state index in [0.29, 0.717) is 0 Å². The van der Waals surface area contributed by atoms with Crippen LogP contribution in [0.1, 0.15) is 36.2 Å². The molecule has 21 heavy (non-hydrogen) atoms. The summed E-state index contributed by atoms with van der Waals surface area (Å²) in [5.74, 6) is -0.225. The molecule has 4 heteroatoms. The molecule has 1 unspecified atom stereocenters. The Kier molecular flexibility index (Phi) is 5.88. The summed E-state index contributed by atoms with van der Waals surface area (Å²) in [4.78, 5) is 4.48. The Hall–Kier alpha value is -1.26. The lowest BCUT2D eigenvalue weighted by atomic mass is 10.0. The van der Waals surface area contributed by atoms with Crippen LogP contribution in [0.3, 0.4) is 0 Å². The number of nitrogens with one attached hydrogen (secondary N) is 1. The summed E-state index contributed by atoms with van der Waals surface area (Å²) >= 11 is 3.44. The largest absolute Gasteiger partial charge is 0.308 e. The van der Waals surface area contributed by atoms with Crippen molar-refractivity contribution in [1.82, 2.24) is 10.3 Å². The third-order valence-electron chi connectivity index (χ3n) is 3.37. The molecule has 0 saturated carbocycles. The monoisotopic (exact) mass is 350 g/mol. The van der Waals surface area contributed by atoms with Crippen molar-refractivity contribution in [2.75, 3.05) is 6.54 Å². The average molecular weight is 351 g/mol. The summed E-state index contributed by atoms with van der Waals surface area (Å²) in [6, 6.07) is 9.07. The highest BCUT2D eigenvalue weighted by atomic mass is 79.9. The van der Waals surface area contributed by atoms with Gasteiger partial charge in [0.25, 0.3) is 0 Å². The maximum absolute atomic E-state index is 13.2. The molecule has 0 aliphatic carbocycles. The van der Waals surface area contributed by atoms with Crippen LogP contribution >= 0.6 is 15.9 Å². The number of aromatic nitrogens is 1. The second-order valence-corrected chi connectivity index (χ2v) is 6.06. The third-order valence-corrected chi connectivity index (χ3v) is 4.11. The minimum Gasteiger partial charge on any atom is -0.308 e. The van der Waals surface area contributed by atoms with Crippen LogP contribution in [0, 0.1) is 12.7 Å². The van der Waals surface area contributed by atoms with Crippen LogP contribution in [0.2, 0.25) is 0 Å². The van der Waals surface area contributed by atoms with Crippen LogP contribution in [0.15, 0.2) is 41.0 Å². The zero-order valence-corrected chi connectivity index (χ0v) is 14.0. The summed E-state index contributed by atoms with van der Waals surface area (Å²) < 4.78 is 14.0. The molecule has 0 bridgehead atoms. The van der Waals surface area contributed by atoms with Gasteiger partial charge in [0, 0.05) is 10.7 Å². The van der Waals surface area contributed by atoms with E-state index in [4.69, 9.17) is 0 Å². The molecule has 1 aromatic carbocycles. The first-order valence-electron chi connectivity index (χ1n) is 7.20. The van der Waals surface area contributed by atoms with Crippen molar-refractivity contribution in [3.63, 3.8) is 0 Å². The van der Waals surface area contributed by atoms with Gasteiger partial charge in [-0.1, -0.05) is 28.9 Å². The van der Waals surface area contributed by atoms with E-state index < -0.39 is 0 Å². The molecule has 112 valence electrons. The van der Waals surface area contributed by atoms with E-state index in [1.54, 1.807) is 0 Å². The van der Waals surface area contributed by atoms with Crippen molar-refractivity contribution < 1.29 is 4.39 Å². The van der Waals surface area contributed by atoms with Gasteiger partial charge >= 0.3 is 0 Å². The number of pyridine rings is 1. The average Bonchev–Trinajstić information content (AvgIpc) is 2.45. The van der Waals surface area contributed by atoms with Crippen LogP contribution in [-0.4, -0.2) is 11.5 Å². The maximum atomic E-state index is 13.2. The molecule has 2 rings (SSSR count). The van der Waals surface area contributed by atoms with Gasteiger partial charge in [-0.2, -0.15) is 0 Å². The van der Waals surface area contributed by atoms with E-state index in [1.807, 2.05) is 18.3 Å². The fourth-order valence-corrected chi connectivity index (χ4v) is 2.77. The maximum Gasteiger partial charge on any atom is 0.124 e. The van der Waals surface area contributed by atoms with E-state index in [1.165, 1.54) is 17.7 Å². The molecule has 0 radical (unpaired) electrons. The van der Waals surface area contributed by atoms with Crippen molar-refractivity contribution in [3.05, 3.63) is 63.6 Å². The normalized spacial score (nSPS) is 12.4. The first kappa shape index (κ1) is 16.1. The Morgan fingerprint density at radius 1 is 1.29 bits per heavy atom. The molecule has 1 heterocycles. The topological polar surface area (TPSA) is 24.9 Å². The Morgan fingerprint density at radius 2 is 2.10 bits per heavy atom. The molecule has 0 aliphatic heterocycles. The molecular weight excluding hydrogens is 331 g/mol. The van der Waals surface area contributed by atoms with E-state index in [9.17, 15) is 4.39 Å². The zero-order valence-electron chi connectivity index (χ0n) is 12.4. The zero-order chi connectivity index (χ0) is 15.2. The van der Waals surface area contributed by atoms with Crippen molar-refractivity contribution >= 4 is 15.9 Å². The summed E-state index contributed by atoms with van der Waals surface area (Å²) in [7, 11) is 0. The molecule has 0 spiro atoms. The standard InChI is InChI=1S/C17H20BrFN2/c1-3-7-20-17(16-9-12(2)6-8-21-16)10-13-4-5-14(19)11-15(13)18/h4-6,8-9,11,17,20H,3,7,10H2,1-2H3. The minimum atomic E-state index is -0.225. The number of aryl methyl sites for hydroxylation is 1. The van der Waals surface area contributed by atoms with Gasteiger partial charge in [-0.25, -0.2) is 4.39 Å². The van der Waals surface area contributed by atoms with Crippen LogP contribution in [0.25, 0.3) is 0 Å². The fourth-order valence-electron chi connectivity index (χ4n) is 2.26. The second-order valence-electron chi connectivity index (χ2n) is 5.20.